The van der Waals surface area contributed by atoms with E-state index in [-0.39, 0.29) is 24.3 Å². The number of hydrogen-bond acceptors (Lipinski definition) is 4. The molecule has 0 saturated heterocycles. The third-order valence-corrected chi connectivity index (χ3v) is 5.44. The second-order valence-electron chi connectivity index (χ2n) is 8.01. The Hall–Kier alpha value is -4.40. The van der Waals surface area contributed by atoms with Crippen molar-refractivity contribution in [2.75, 3.05) is 5.32 Å². The first-order chi connectivity index (χ1) is 16.8. The number of benzene rings is 3. The van der Waals surface area contributed by atoms with Crippen LogP contribution in [-0.2, 0) is 22.6 Å². The second kappa shape index (κ2) is 10.3. The first kappa shape index (κ1) is 23.7. The Labute approximate surface area is 199 Å². The van der Waals surface area contributed by atoms with Gasteiger partial charge in [-0.15, -0.1) is 0 Å². The number of amides is 2. The standard InChI is InChI=1S/C26H22F2N4O3/c1-16-26(35)32(23-10-6-5-9-21(23)29-16)15-24(33)31-22(13-17-7-3-2-4-8-17)25(34)30-18-11-12-19(27)20(28)14-18/h2-12,14,22H,13,15H2,1H3,(H,30,34)(H,31,33)/t22-/m0/s1. The maximum Gasteiger partial charge on any atom is 0.272 e. The molecule has 3 aromatic carbocycles. The van der Waals surface area contributed by atoms with Gasteiger partial charge in [-0.05, 0) is 36.8 Å². The third-order valence-electron chi connectivity index (χ3n) is 5.44. The normalized spacial score (nSPS) is 11.7. The molecule has 0 unspecified atom stereocenters. The topological polar surface area (TPSA) is 93.1 Å². The minimum atomic E-state index is -1.11. The van der Waals surface area contributed by atoms with Gasteiger partial charge in [-0.2, -0.15) is 0 Å². The van der Waals surface area contributed by atoms with E-state index in [4.69, 9.17) is 0 Å². The number of para-hydroxylation sites is 2. The fourth-order valence-corrected chi connectivity index (χ4v) is 3.72. The summed E-state index contributed by atoms with van der Waals surface area (Å²) in [6.07, 6.45) is 0.146. The molecule has 2 amide bonds. The van der Waals surface area contributed by atoms with Gasteiger partial charge in [0.2, 0.25) is 11.8 Å². The van der Waals surface area contributed by atoms with Crippen LogP contribution in [0.4, 0.5) is 14.5 Å². The highest BCUT2D eigenvalue weighted by atomic mass is 19.2. The number of fused-ring (bicyclic) bond motifs is 1. The number of nitrogens with zero attached hydrogens (tertiary/aromatic N) is 2. The number of carbonyl (C=O) groups excluding carboxylic acids is 2. The number of aromatic nitrogens is 2. The van der Waals surface area contributed by atoms with Gasteiger partial charge in [0.25, 0.3) is 5.56 Å². The smallest absolute Gasteiger partial charge is 0.272 e. The first-order valence-corrected chi connectivity index (χ1v) is 10.9. The predicted molar refractivity (Wildman–Crippen MR) is 128 cm³/mol. The third kappa shape index (κ3) is 5.57. The molecular formula is C26H22F2N4O3. The van der Waals surface area contributed by atoms with E-state index in [1.165, 1.54) is 10.6 Å². The van der Waals surface area contributed by atoms with E-state index in [0.29, 0.717) is 11.0 Å². The van der Waals surface area contributed by atoms with Gasteiger partial charge in [-0.25, -0.2) is 13.8 Å². The van der Waals surface area contributed by atoms with Crippen LogP contribution in [0.3, 0.4) is 0 Å². The van der Waals surface area contributed by atoms with E-state index in [2.05, 4.69) is 15.6 Å². The minimum Gasteiger partial charge on any atom is -0.342 e. The fourth-order valence-electron chi connectivity index (χ4n) is 3.72. The molecule has 178 valence electrons. The van der Waals surface area contributed by atoms with E-state index in [1.807, 2.05) is 6.07 Å². The molecule has 1 heterocycles. The Balaban J connectivity index is 1.58. The maximum absolute atomic E-state index is 13.6. The predicted octanol–water partition coefficient (Wildman–Crippen LogP) is 3.35. The summed E-state index contributed by atoms with van der Waals surface area (Å²) in [6, 6.07) is 17.9. The van der Waals surface area contributed by atoms with E-state index in [1.54, 1.807) is 55.5 Å². The van der Waals surface area contributed by atoms with Crippen LogP contribution in [0.2, 0.25) is 0 Å². The van der Waals surface area contributed by atoms with Crippen molar-refractivity contribution in [3.05, 3.63) is 106 Å². The Morgan fingerprint density at radius 3 is 2.43 bits per heavy atom. The number of rotatable bonds is 7. The molecule has 0 aliphatic rings. The molecule has 0 aliphatic heterocycles. The molecule has 4 rings (SSSR count). The second-order valence-corrected chi connectivity index (χ2v) is 8.01. The van der Waals surface area contributed by atoms with Crippen molar-refractivity contribution in [3.63, 3.8) is 0 Å². The van der Waals surface area contributed by atoms with Crippen LogP contribution in [-0.4, -0.2) is 27.4 Å². The summed E-state index contributed by atoms with van der Waals surface area (Å²) in [7, 11) is 0. The summed E-state index contributed by atoms with van der Waals surface area (Å²) in [6.45, 7) is 1.24. The van der Waals surface area contributed by atoms with Gasteiger partial charge >= 0.3 is 0 Å². The fraction of sp³-hybridized carbons (Fsp3) is 0.154. The van der Waals surface area contributed by atoms with E-state index in [0.717, 1.165) is 17.7 Å². The molecule has 7 nitrogen and oxygen atoms in total. The molecule has 35 heavy (non-hydrogen) atoms. The summed E-state index contributed by atoms with van der Waals surface area (Å²) in [5.74, 6) is -3.33. The van der Waals surface area contributed by atoms with Crippen molar-refractivity contribution in [1.82, 2.24) is 14.9 Å². The molecule has 9 heteroatoms. The number of hydrogen-bond donors (Lipinski definition) is 2. The van der Waals surface area contributed by atoms with Crippen LogP contribution in [0, 0.1) is 18.6 Å². The number of halogens is 2. The zero-order valence-corrected chi connectivity index (χ0v) is 18.8. The SMILES string of the molecule is Cc1nc2ccccc2n(CC(=O)N[C@@H](Cc2ccccc2)C(=O)Nc2ccc(F)c(F)c2)c1=O. The van der Waals surface area contributed by atoms with Crippen molar-refractivity contribution in [2.24, 2.45) is 0 Å². The van der Waals surface area contributed by atoms with Crippen molar-refractivity contribution >= 4 is 28.5 Å². The minimum absolute atomic E-state index is 0.0492. The lowest BCUT2D eigenvalue weighted by molar-refractivity contribution is -0.126. The summed E-state index contributed by atoms with van der Waals surface area (Å²) in [5.41, 5.74) is 1.71. The number of carbonyl (C=O) groups is 2. The lowest BCUT2D eigenvalue weighted by atomic mass is 10.0. The molecule has 0 saturated carbocycles. The average molecular weight is 476 g/mol. The molecule has 2 N–H and O–H groups in total. The molecule has 1 atom stereocenters. The Kier molecular flexibility index (Phi) is 6.96. The lowest BCUT2D eigenvalue weighted by Crippen LogP contribution is -2.47. The van der Waals surface area contributed by atoms with Crippen molar-refractivity contribution in [2.45, 2.75) is 25.9 Å². The Morgan fingerprint density at radius 1 is 0.971 bits per heavy atom. The van der Waals surface area contributed by atoms with Gasteiger partial charge in [0.05, 0.1) is 11.0 Å². The zero-order valence-electron chi connectivity index (χ0n) is 18.8. The molecule has 0 fully saturated rings. The van der Waals surface area contributed by atoms with Crippen LogP contribution >= 0.6 is 0 Å². The van der Waals surface area contributed by atoms with Gasteiger partial charge in [-0.3, -0.25) is 19.0 Å². The van der Waals surface area contributed by atoms with Crippen LogP contribution in [0.25, 0.3) is 11.0 Å². The first-order valence-electron chi connectivity index (χ1n) is 10.9. The highest BCUT2D eigenvalue weighted by molar-refractivity contribution is 5.97. The van der Waals surface area contributed by atoms with E-state index in [9.17, 15) is 23.2 Å². The summed E-state index contributed by atoms with van der Waals surface area (Å²) < 4.78 is 28.2. The van der Waals surface area contributed by atoms with Gasteiger partial charge in [-0.1, -0.05) is 42.5 Å². The average Bonchev–Trinajstić information content (AvgIpc) is 2.84. The van der Waals surface area contributed by atoms with Crippen molar-refractivity contribution in [1.29, 1.82) is 0 Å². The Morgan fingerprint density at radius 2 is 1.69 bits per heavy atom. The molecular weight excluding hydrogens is 454 g/mol. The maximum atomic E-state index is 13.6. The quantitative estimate of drug-likeness (QED) is 0.428. The van der Waals surface area contributed by atoms with Crippen LogP contribution < -0.4 is 16.2 Å². The van der Waals surface area contributed by atoms with E-state index < -0.39 is 35.0 Å². The summed E-state index contributed by atoms with van der Waals surface area (Å²) in [5, 5.41) is 5.18. The molecule has 0 aliphatic carbocycles. The van der Waals surface area contributed by atoms with Crippen LogP contribution in [0.15, 0.2) is 77.6 Å². The van der Waals surface area contributed by atoms with Crippen molar-refractivity contribution in [3.8, 4) is 0 Å². The molecule has 0 spiro atoms. The largest absolute Gasteiger partial charge is 0.342 e. The van der Waals surface area contributed by atoms with Crippen LogP contribution in [0.5, 0.6) is 0 Å². The van der Waals surface area contributed by atoms with E-state index >= 15 is 0 Å². The summed E-state index contributed by atoms with van der Waals surface area (Å²) >= 11 is 0. The molecule has 0 bridgehead atoms. The number of anilines is 1. The number of nitrogens with one attached hydrogen (secondary N) is 2. The molecule has 1 aromatic heterocycles. The van der Waals surface area contributed by atoms with Gasteiger partial charge < -0.3 is 10.6 Å². The zero-order chi connectivity index (χ0) is 24.9. The van der Waals surface area contributed by atoms with Gasteiger partial charge in [0.1, 0.15) is 18.3 Å². The molecule has 0 radical (unpaired) electrons. The van der Waals surface area contributed by atoms with Gasteiger partial charge in [0.15, 0.2) is 11.6 Å². The lowest BCUT2D eigenvalue weighted by Gasteiger charge is -2.20. The number of aryl methyl sites for hydroxylation is 1. The Bertz CT molecular complexity index is 1450. The van der Waals surface area contributed by atoms with Gasteiger partial charge in [0, 0.05) is 18.2 Å². The molecule has 4 aromatic rings. The highest BCUT2D eigenvalue weighted by Gasteiger charge is 2.23. The monoisotopic (exact) mass is 476 g/mol. The van der Waals surface area contributed by atoms with Crippen LogP contribution in [0.1, 0.15) is 11.3 Å². The van der Waals surface area contributed by atoms with Crippen molar-refractivity contribution < 1.29 is 18.4 Å². The highest BCUT2D eigenvalue weighted by Crippen LogP contribution is 2.15. The summed E-state index contributed by atoms with van der Waals surface area (Å²) in [4.78, 5) is 43.0.